The summed E-state index contributed by atoms with van der Waals surface area (Å²) in [6.07, 6.45) is 0. The third-order valence-electron chi connectivity index (χ3n) is 6.65. The highest BCUT2D eigenvalue weighted by Crippen LogP contribution is 2.24. The maximum atomic E-state index is 13.4. The summed E-state index contributed by atoms with van der Waals surface area (Å²) in [6, 6.07) is 26.1. The minimum Gasteiger partial charge on any atom is -0.457 e. The van der Waals surface area contributed by atoms with E-state index >= 15 is 0 Å². The molecule has 4 aromatic rings. The summed E-state index contributed by atoms with van der Waals surface area (Å²) in [6.45, 7) is 8.27. The van der Waals surface area contributed by atoms with Crippen molar-refractivity contribution >= 4 is 10.9 Å². The van der Waals surface area contributed by atoms with E-state index in [2.05, 4.69) is 35.3 Å². The molecule has 0 bridgehead atoms. The Balaban J connectivity index is 1.30. The van der Waals surface area contributed by atoms with Gasteiger partial charge in [0, 0.05) is 22.2 Å². The summed E-state index contributed by atoms with van der Waals surface area (Å²) in [5.41, 5.74) is 4.23. The normalized spacial score (nSPS) is 18.3. The summed E-state index contributed by atoms with van der Waals surface area (Å²) in [5.74, 6) is 1.44. The second-order valence-corrected chi connectivity index (χ2v) is 9.02. The number of aromatic nitrogens is 1. The van der Waals surface area contributed by atoms with Crippen molar-refractivity contribution < 1.29 is 14.5 Å². The summed E-state index contributed by atoms with van der Waals surface area (Å²) >= 11 is 0. The highest BCUT2D eigenvalue weighted by molar-refractivity contribution is 5.81. The molecule has 1 aliphatic rings. The topological polar surface area (TPSA) is 51.0 Å². The molecule has 5 rings (SSSR count). The first kappa shape index (κ1) is 21.4. The number of hydrogen-bond acceptors (Lipinski definition) is 2. The maximum Gasteiger partial charge on any atom is 0.198 e. The molecule has 1 aromatic heterocycles. The number of pyridine rings is 1. The van der Waals surface area contributed by atoms with Gasteiger partial charge in [-0.3, -0.25) is 4.79 Å². The second kappa shape index (κ2) is 9.61. The summed E-state index contributed by atoms with van der Waals surface area (Å²) < 4.78 is 5.96. The lowest BCUT2D eigenvalue weighted by Crippen LogP contribution is -3.27. The standard InChI is InChI=1S/C28H29N3O2/c1-21-26(20-31-16-14-30(15-17-31)19-22-8-4-2-5-9-22)28(32)25-18-24(12-13-27(25)29-21)33-23-10-6-3-7-11-23/h2-13,18H,14-17,19-20H2,1H3,(H,29,32)/p+2. The molecule has 5 heteroatoms. The number of quaternary nitrogens is 2. The molecule has 168 valence electrons. The predicted molar refractivity (Wildman–Crippen MR) is 131 cm³/mol. The van der Waals surface area contributed by atoms with Gasteiger partial charge in [0.15, 0.2) is 5.43 Å². The predicted octanol–water partition coefficient (Wildman–Crippen LogP) is 2.11. The summed E-state index contributed by atoms with van der Waals surface area (Å²) in [7, 11) is 0. The number of fused-ring (bicyclic) bond motifs is 1. The second-order valence-electron chi connectivity index (χ2n) is 9.02. The molecule has 3 aromatic carbocycles. The van der Waals surface area contributed by atoms with Crippen LogP contribution in [0.25, 0.3) is 10.9 Å². The van der Waals surface area contributed by atoms with Crippen molar-refractivity contribution in [3.63, 3.8) is 0 Å². The Bertz CT molecular complexity index is 1280. The van der Waals surface area contributed by atoms with Crippen molar-refractivity contribution in [2.24, 2.45) is 0 Å². The van der Waals surface area contributed by atoms with E-state index in [1.165, 1.54) is 10.5 Å². The fourth-order valence-electron chi connectivity index (χ4n) is 4.78. The number of aromatic amines is 1. The molecule has 0 atom stereocenters. The SMILES string of the molecule is Cc1[nH]c2ccc(Oc3ccccc3)cc2c(=O)c1C[NH+]1CC[NH+](Cc2ccccc2)CC1. The van der Waals surface area contributed by atoms with Crippen LogP contribution in [0, 0.1) is 6.92 Å². The molecule has 0 unspecified atom stereocenters. The van der Waals surface area contributed by atoms with Crippen LogP contribution in [0.5, 0.6) is 11.5 Å². The van der Waals surface area contributed by atoms with Gasteiger partial charge in [-0.2, -0.15) is 0 Å². The zero-order chi connectivity index (χ0) is 22.6. The number of hydrogen-bond donors (Lipinski definition) is 3. The monoisotopic (exact) mass is 441 g/mol. The van der Waals surface area contributed by atoms with Crippen LogP contribution in [0.1, 0.15) is 16.8 Å². The van der Waals surface area contributed by atoms with E-state index in [1.807, 2.05) is 55.5 Å². The lowest BCUT2D eigenvalue weighted by molar-refractivity contribution is -1.02. The average molecular weight is 442 g/mol. The lowest BCUT2D eigenvalue weighted by Gasteiger charge is -2.30. The molecular weight excluding hydrogens is 410 g/mol. The number of benzene rings is 3. The van der Waals surface area contributed by atoms with Crippen LogP contribution < -0.4 is 20.0 Å². The minimum atomic E-state index is 0.117. The molecular formula is C28H31N3O2+2. The molecule has 0 radical (unpaired) electrons. The Morgan fingerprint density at radius 2 is 1.42 bits per heavy atom. The van der Waals surface area contributed by atoms with Gasteiger partial charge in [-0.25, -0.2) is 0 Å². The lowest BCUT2D eigenvalue weighted by atomic mass is 10.1. The fraction of sp³-hybridized carbons (Fsp3) is 0.250. The van der Waals surface area contributed by atoms with Crippen molar-refractivity contribution in [3.05, 3.63) is 106 Å². The first-order chi connectivity index (χ1) is 16.2. The largest absolute Gasteiger partial charge is 0.457 e. The van der Waals surface area contributed by atoms with Crippen LogP contribution in [0.15, 0.2) is 83.7 Å². The number of piperazine rings is 1. The highest BCUT2D eigenvalue weighted by atomic mass is 16.5. The summed E-state index contributed by atoms with van der Waals surface area (Å²) in [4.78, 5) is 20.0. The first-order valence-corrected chi connectivity index (χ1v) is 11.8. The number of nitrogens with one attached hydrogen (secondary N) is 3. The van der Waals surface area contributed by atoms with E-state index in [0.717, 1.165) is 61.8 Å². The molecule has 1 fully saturated rings. The Labute approximate surface area is 194 Å². The molecule has 0 amide bonds. The maximum absolute atomic E-state index is 13.4. The van der Waals surface area contributed by atoms with Crippen LogP contribution >= 0.6 is 0 Å². The quantitative estimate of drug-likeness (QED) is 0.429. The zero-order valence-electron chi connectivity index (χ0n) is 19.1. The molecule has 0 aliphatic carbocycles. The number of rotatable bonds is 6. The van der Waals surface area contributed by atoms with Gasteiger partial charge in [0.05, 0.1) is 5.56 Å². The Kier molecular flexibility index (Phi) is 6.24. The van der Waals surface area contributed by atoms with Crippen molar-refractivity contribution in [1.29, 1.82) is 0 Å². The van der Waals surface area contributed by atoms with E-state index in [9.17, 15) is 4.79 Å². The van der Waals surface area contributed by atoms with Gasteiger partial charge in [0.1, 0.15) is 50.8 Å². The Morgan fingerprint density at radius 1 is 0.788 bits per heavy atom. The third kappa shape index (κ3) is 5.00. The summed E-state index contributed by atoms with van der Waals surface area (Å²) in [5, 5.41) is 0.691. The number of para-hydroxylation sites is 1. The molecule has 1 aliphatic heterocycles. The van der Waals surface area contributed by atoms with Gasteiger partial charge in [0.25, 0.3) is 0 Å². The van der Waals surface area contributed by atoms with E-state index in [1.54, 1.807) is 4.90 Å². The van der Waals surface area contributed by atoms with Crippen LogP contribution in [0.4, 0.5) is 0 Å². The first-order valence-electron chi connectivity index (χ1n) is 11.8. The molecule has 3 N–H and O–H groups in total. The fourth-order valence-corrected chi connectivity index (χ4v) is 4.78. The Morgan fingerprint density at radius 3 is 2.12 bits per heavy atom. The van der Waals surface area contributed by atoms with Crippen LogP contribution in [-0.2, 0) is 13.1 Å². The van der Waals surface area contributed by atoms with Crippen LogP contribution in [0.3, 0.4) is 0 Å². The molecule has 2 heterocycles. The Hall–Kier alpha value is -3.41. The molecule has 33 heavy (non-hydrogen) atoms. The molecule has 1 saturated heterocycles. The van der Waals surface area contributed by atoms with Crippen molar-refractivity contribution in [1.82, 2.24) is 4.98 Å². The van der Waals surface area contributed by atoms with Gasteiger partial charge >= 0.3 is 0 Å². The average Bonchev–Trinajstić information content (AvgIpc) is 2.85. The molecule has 0 spiro atoms. The van der Waals surface area contributed by atoms with Gasteiger partial charge in [-0.15, -0.1) is 0 Å². The number of H-pyrrole nitrogens is 1. The molecule has 5 nitrogen and oxygen atoms in total. The van der Waals surface area contributed by atoms with E-state index in [0.29, 0.717) is 11.1 Å². The number of aryl methyl sites for hydroxylation is 1. The van der Waals surface area contributed by atoms with Crippen LogP contribution in [-0.4, -0.2) is 31.2 Å². The van der Waals surface area contributed by atoms with E-state index in [4.69, 9.17) is 4.74 Å². The zero-order valence-corrected chi connectivity index (χ0v) is 19.1. The minimum absolute atomic E-state index is 0.117. The van der Waals surface area contributed by atoms with Gasteiger partial charge in [-0.05, 0) is 37.3 Å². The van der Waals surface area contributed by atoms with Crippen LogP contribution in [0.2, 0.25) is 0 Å². The van der Waals surface area contributed by atoms with Gasteiger partial charge in [-0.1, -0.05) is 48.5 Å². The number of ether oxygens (including phenoxy) is 1. The highest BCUT2D eigenvalue weighted by Gasteiger charge is 2.25. The van der Waals surface area contributed by atoms with Gasteiger partial charge in [0.2, 0.25) is 0 Å². The van der Waals surface area contributed by atoms with E-state index < -0.39 is 0 Å². The third-order valence-corrected chi connectivity index (χ3v) is 6.65. The smallest absolute Gasteiger partial charge is 0.198 e. The molecule has 0 saturated carbocycles. The van der Waals surface area contributed by atoms with Crippen molar-refractivity contribution in [2.75, 3.05) is 26.2 Å². The van der Waals surface area contributed by atoms with Crippen molar-refractivity contribution in [2.45, 2.75) is 20.0 Å². The van der Waals surface area contributed by atoms with Crippen molar-refractivity contribution in [3.8, 4) is 11.5 Å². The van der Waals surface area contributed by atoms with E-state index in [-0.39, 0.29) is 5.43 Å². The van der Waals surface area contributed by atoms with Gasteiger partial charge < -0.3 is 19.5 Å².